The van der Waals surface area contributed by atoms with Crippen LogP contribution in [0, 0.1) is 0 Å². The first-order valence-corrected chi connectivity index (χ1v) is 13.0. The van der Waals surface area contributed by atoms with Gasteiger partial charge in [0.1, 0.15) is 0 Å². The maximum absolute atomic E-state index is 8.72. The van der Waals surface area contributed by atoms with Gasteiger partial charge in [0.15, 0.2) is 0 Å². The van der Waals surface area contributed by atoms with Crippen LogP contribution in [-0.2, 0) is 12.8 Å². The highest BCUT2D eigenvalue weighted by atomic mass is 16.2. The minimum absolute atomic E-state index is 0.162. The zero-order valence-corrected chi connectivity index (χ0v) is 21.7. The molecule has 3 aromatic carbocycles. The highest BCUT2D eigenvalue weighted by Gasteiger charge is 2.13. The molecule has 1 aliphatic carbocycles. The number of aryl methyl sites for hydroxylation is 2. The van der Waals surface area contributed by atoms with Crippen molar-refractivity contribution in [2.24, 2.45) is 0 Å². The van der Waals surface area contributed by atoms with Crippen LogP contribution in [0.1, 0.15) is 77.3 Å². The molecule has 1 heteroatoms. The largest absolute Gasteiger partial charge is 0.392 e. The van der Waals surface area contributed by atoms with Crippen molar-refractivity contribution in [2.45, 2.75) is 79.1 Å². The smallest absolute Gasteiger partial charge is 0.0614 e. The average Bonchev–Trinajstić information content (AvgIpc) is 2.84. The average molecular weight is 455 g/mol. The molecule has 1 nitrogen and oxygen atoms in total. The van der Waals surface area contributed by atoms with Crippen LogP contribution in [-0.4, -0.2) is 11.7 Å². The van der Waals surface area contributed by atoms with Crippen LogP contribution in [0.5, 0.6) is 0 Å². The summed E-state index contributed by atoms with van der Waals surface area (Å²) in [6.45, 7) is 8.71. The summed E-state index contributed by atoms with van der Waals surface area (Å²) in [6.07, 6.45) is 16.1. The second kappa shape index (κ2) is 13.3. The lowest BCUT2D eigenvalue weighted by molar-refractivity contribution is 0.341. The quantitative estimate of drug-likeness (QED) is 0.278. The van der Waals surface area contributed by atoms with Crippen molar-refractivity contribution in [3.63, 3.8) is 0 Å². The molecule has 4 rings (SSSR count). The molecule has 0 aromatic heterocycles. The van der Waals surface area contributed by atoms with E-state index in [0.717, 1.165) is 25.7 Å². The van der Waals surface area contributed by atoms with E-state index >= 15 is 0 Å². The topological polar surface area (TPSA) is 20.2 Å². The van der Waals surface area contributed by atoms with Crippen molar-refractivity contribution < 1.29 is 5.11 Å². The van der Waals surface area contributed by atoms with Gasteiger partial charge in [-0.15, -0.1) is 0 Å². The molecule has 0 aliphatic heterocycles. The Balaban J connectivity index is 0.000000193. The molecule has 0 unspecified atom stereocenters. The molecular formula is C33H42O. The van der Waals surface area contributed by atoms with Crippen molar-refractivity contribution >= 4 is 21.5 Å². The fourth-order valence-electron chi connectivity index (χ4n) is 4.84. The first-order valence-electron chi connectivity index (χ1n) is 13.0. The third-order valence-electron chi connectivity index (χ3n) is 6.82. The zero-order chi connectivity index (χ0) is 24.3. The number of hydrogen-bond acceptors (Lipinski definition) is 1. The zero-order valence-electron chi connectivity index (χ0n) is 21.7. The molecule has 0 saturated carbocycles. The van der Waals surface area contributed by atoms with Crippen LogP contribution >= 0.6 is 0 Å². The summed E-state index contributed by atoms with van der Waals surface area (Å²) in [5.41, 5.74) is 7.31. The molecule has 3 aromatic rings. The van der Waals surface area contributed by atoms with Crippen molar-refractivity contribution in [2.75, 3.05) is 6.61 Å². The normalized spacial score (nSPS) is 13.9. The molecule has 34 heavy (non-hydrogen) atoms. The molecule has 0 amide bonds. The van der Waals surface area contributed by atoms with Gasteiger partial charge in [0.25, 0.3) is 0 Å². The minimum Gasteiger partial charge on any atom is -0.392 e. The van der Waals surface area contributed by atoms with Crippen LogP contribution in [0.2, 0.25) is 0 Å². The number of hydrogen-bond donors (Lipinski definition) is 1. The van der Waals surface area contributed by atoms with Gasteiger partial charge in [0, 0.05) is 0 Å². The monoisotopic (exact) mass is 454 g/mol. The predicted molar refractivity (Wildman–Crippen MR) is 151 cm³/mol. The van der Waals surface area contributed by atoms with Gasteiger partial charge in [-0.25, -0.2) is 0 Å². The van der Waals surface area contributed by atoms with E-state index in [9.17, 15) is 0 Å². The van der Waals surface area contributed by atoms with E-state index in [1.165, 1.54) is 63.9 Å². The fraction of sp³-hybridized carbons (Fsp3) is 0.394. The summed E-state index contributed by atoms with van der Waals surface area (Å²) in [7, 11) is 0. The van der Waals surface area contributed by atoms with E-state index in [1.807, 2.05) is 6.08 Å². The molecule has 0 heterocycles. The SMILES string of the molecule is CC(C)=CCCC(C)=CCCC(C)=CCO.c1ccc2c(c1)ccc1c3c(ccc12)CCCC3. The maximum atomic E-state index is 8.72. The van der Waals surface area contributed by atoms with Crippen LogP contribution < -0.4 is 0 Å². The number of allylic oxidation sites excluding steroid dienone is 5. The van der Waals surface area contributed by atoms with Gasteiger partial charge < -0.3 is 5.11 Å². The number of benzene rings is 3. The lowest BCUT2D eigenvalue weighted by Crippen LogP contribution is -2.02. The van der Waals surface area contributed by atoms with Gasteiger partial charge in [-0.1, -0.05) is 83.5 Å². The summed E-state index contributed by atoms with van der Waals surface area (Å²) in [4.78, 5) is 0. The molecular weight excluding hydrogens is 412 g/mol. The second-order valence-corrected chi connectivity index (χ2v) is 9.93. The Morgan fingerprint density at radius 2 is 1.38 bits per heavy atom. The van der Waals surface area contributed by atoms with E-state index in [0.29, 0.717) is 0 Å². The fourth-order valence-corrected chi connectivity index (χ4v) is 4.84. The third-order valence-corrected chi connectivity index (χ3v) is 6.82. The minimum atomic E-state index is 0.162. The Bertz CT molecular complexity index is 1170. The lowest BCUT2D eigenvalue weighted by atomic mass is 9.86. The summed E-state index contributed by atoms with van der Waals surface area (Å²) in [5.74, 6) is 0. The van der Waals surface area contributed by atoms with Gasteiger partial charge in [-0.2, -0.15) is 0 Å². The molecule has 0 radical (unpaired) electrons. The molecule has 1 aliphatic rings. The number of aliphatic hydroxyl groups is 1. The maximum Gasteiger partial charge on any atom is 0.0614 e. The Labute approximate surface area is 206 Å². The van der Waals surface area contributed by atoms with Crippen molar-refractivity contribution in [3.8, 4) is 0 Å². The molecule has 180 valence electrons. The van der Waals surface area contributed by atoms with Gasteiger partial charge >= 0.3 is 0 Å². The Morgan fingerprint density at radius 1 is 0.706 bits per heavy atom. The van der Waals surface area contributed by atoms with Crippen LogP contribution in [0.4, 0.5) is 0 Å². The van der Waals surface area contributed by atoms with Gasteiger partial charge in [0.05, 0.1) is 6.61 Å². The van der Waals surface area contributed by atoms with Crippen LogP contribution in [0.25, 0.3) is 21.5 Å². The molecule has 0 spiro atoms. The van der Waals surface area contributed by atoms with E-state index in [1.54, 1.807) is 11.1 Å². The van der Waals surface area contributed by atoms with Gasteiger partial charge in [0.2, 0.25) is 0 Å². The van der Waals surface area contributed by atoms with Crippen LogP contribution in [0.15, 0.2) is 83.5 Å². The van der Waals surface area contributed by atoms with E-state index in [4.69, 9.17) is 5.11 Å². The second-order valence-electron chi connectivity index (χ2n) is 9.93. The van der Waals surface area contributed by atoms with Crippen molar-refractivity contribution in [3.05, 3.63) is 94.6 Å². The highest BCUT2D eigenvalue weighted by molar-refractivity contribution is 6.08. The number of rotatable bonds is 7. The van der Waals surface area contributed by atoms with Gasteiger partial charge in [-0.05, 0) is 112 Å². The molecule has 0 fully saturated rings. The lowest BCUT2D eigenvalue weighted by Gasteiger charge is -2.18. The van der Waals surface area contributed by atoms with Crippen molar-refractivity contribution in [1.29, 1.82) is 0 Å². The predicted octanol–water partition coefficient (Wildman–Crippen LogP) is 9.27. The Hall–Kier alpha value is -2.64. The summed E-state index contributed by atoms with van der Waals surface area (Å²) in [6, 6.07) is 18.0. The summed E-state index contributed by atoms with van der Waals surface area (Å²) < 4.78 is 0. The van der Waals surface area contributed by atoms with E-state index in [-0.39, 0.29) is 6.61 Å². The van der Waals surface area contributed by atoms with Crippen LogP contribution in [0.3, 0.4) is 0 Å². The Morgan fingerprint density at radius 3 is 2.15 bits per heavy atom. The van der Waals surface area contributed by atoms with Gasteiger partial charge in [-0.3, -0.25) is 0 Å². The highest BCUT2D eigenvalue weighted by Crippen LogP contribution is 2.33. The molecule has 0 atom stereocenters. The third kappa shape index (κ3) is 7.43. The van der Waals surface area contributed by atoms with E-state index in [2.05, 4.69) is 88.4 Å². The number of fused-ring (bicyclic) bond motifs is 5. The molecule has 0 saturated heterocycles. The summed E-state index contributed by atoms with van der Waals surface area (Å²) >= 11 is 0. The Kier molecular flexibility index (Phi) is 10.2. The molecule has 1 N–H and O–H groups in total. The van der Waals surface area contributed by atoms with Crippen molar-refractivity contribution in [1.82, 2.24) is 0 Å². The first kappa shape index (κ1) is 26.0. The summed E-state index contributed by atoms with van der Waals surface area (Å²) in [5, 5.41) is 14.4. The standard InChI is InChI=1S/C18H16.C15H26O/c1-3-7-15-13(5-1)9-11-18-16-8-4-2-6-14(16)10-12-17(15)18;1-13(2)7-5-8-14(3)9-6-10-15(4)11-12-16/h1,3,5,7,9-12H,2,4,6,8H2;7,9,11,16H,5-6,8,10,12H2,1-4H3. The first-order chi connectivity index (χ1) is 16.5. The van der Waals surface area contributed by atoms with E-state index < -0.39 is 0 Å². The molecule has 0 bridgehead atoms. The number of aliphatic hydroxyl groups excluding tert-OH is 1.